The SMILES string of the molecule is COc1cccc(NC(=O)CN2C(=O)N(CCc3ccc(OC)c(OC)c3)C(=O)C3NCCCC32)c1. The molecule has 10 heteroatoms. The van der Waals surface area contributed by atoms with E-state index in [9.17, 15) is 14.4 Å². The van der Waals surface area contributed by atoms with Crippen LogP contribution in [0, 0.1) is 0 Å². The second kappa shape index (κ2) is 11.3. The maximum absolute atomic E-state index is 13.5. The zero-order valence-electron chi connectivity index (χ0n) is 20.8. The topological polar surface area (TPSA) is 109 Å². The van der Waals surface area contributed by atoms with Crippen LogP contribution in [0.5, 0.6) is 17.2 Å². The van der Waals surface area contributed by atoms with Crippen molar-refractivity contribution >= 4 is 23.5 Å². The minimum absolute atomic E-state index is 0.154. The number of nitrogens with one attached hydrogen (secondary N) is 2. The van der Waals surface area contributed by atoms with E-state index in [0.717, 1.165) is 12.0 Å². The van der Waals surface area contributed by atoms with Crippen LogP contribution in [0.1, 0.15) is 18.4 Å². The Bertz CT molecular complexity index is 1120. The van der Waals surface area contributed by atoms with Crippen LogP contribution in [-0.4, -0.2) is 80.7 Å². The normalized spacial score (nSPS) is 19.5. The van der Waals surface area contributed by atoms with Gasteiger partial charge in [-0.3, -0.25) is 14.5 Å². The summed E-state index contributed by atoms with van der Waals surface area (Å²) >= 11 is 0. The fourth-order valence-corrected chi connectivity index (χ4v) is 4.74. The summed E-state index contributed by atoms with van der Waals surface area (Å²) in [6.45, 7) is 0.722. The van der Waals surface area contributed by atoms with Crippen molar-refractivity contribution in [2.75, 3.05) is 46.3 Å². The molecule has 2 heterocycles. The van der Waals surface area contributed by atoms with Crippen LogP contribution in [0.15, 0.2) is 42.5 Å². The molecule has 2 aliphatic heterocycles. The molecule has 2 aromatic carbocycles. The molecule has 2 unspecified atom stereocenters. The van der Waals surface area contributed by atoms with Gasteiger partial charge in [0.1, 0.15) is 18.3 Å². The number of amides is 4. The van der Waals surface area contributed by atoms with Gasteiger partial charge >= 0.3 is 6.03 Å². The third-order valence-corrected chi connectivity index (χ3v) is 6.57. The lowest BCUT2D eigenvalue weighted by Crippen LogP contribution is -2.70. The minimum atomic E-state index is -0.536. The summed E-state index contributed by atoms with van der Waals surface area (Å²) in [5.41, 5.74) is 1.47. The summed E-state index contributed by atoms with van der Waals surface area (Å²) in [4.78, 5) is 42.4. The molecular formula is C26H32N4O6. The predicted octanol–water partition coefficient (Wildman–Crippen LogP) is 2.28. The van der Waals surface area contributed by atoms with Gasteiger partial charge in [-0.2, -0.15) is 0 Å². The van der Waals surface area contributed by atoms with Gasteiger partial charge < -0.3 is 29.7 Å². The molecule has 0 saturated carbocycles. The van der Waals surface area contributed by atoms with Crippen LogP contribution in [0.25, 0.3) is 0 Å². The highest BCUT2D eigenvalue weighted by Gasteiger charge is 2.47. The number of anilines is 1. The molecule has 0 aromatic heterocycles. The van der Waals surface area contributed by atoms with Gasteiger partial charge in [-0.1, -0.05) is 12.1 Å². The summed E-state index contributed by atoms with van der Waals surface area (Å²) in [5.74, 6) is 1.21. The van der Waals surface area contributed by atoms with Gasteiger partial charge in [-0.15, -0.1) is 0 Å². The number of ether oxygens (including phenoxy) is 3. The molecule has 0 aliphatic carbocycles. The van der Waals surface area contributed by atoms with Gasteiger partial charge in [0.05, 0.1) is 27.4 Å². The van der Waals surface area contributed by atoms with Crippen LogP contribution in [-0.2, 0) is 16.0 Å². The number of fused-ring (bicyclic) bond motifs is 1. The van der Waals surface area contributed by atoms with Gasteiger partial charge in [0.15, 0.2) is 11.5 Å². The van der Waals surface area contributed by atoms with Gasteiger partial charge in [0.25, 0.3) is 0 Å². The third-order valence-electron chi connectivity index (χ3n) is 6.57. The van der Waals surface area contributed by atoms with Crippen LogP contribution in [0.4, 0.5) is 10.5 Å². The van der Waals surface area contributed by atoms with Crippen molar-refractivity contribution in [2.45, 2.75) is 31.3 Å². The van der Waals surface area contributed by atoms with Gasteiger partial charge in [-0.25, -0.2) is 4.79 Å². The number of urea groups is 1. The van der Waals surface area contributed by atoms with Gasteiger partial charge in [0, 0.05) is 18.3 Å². The second-order valence-corrected chi connectivity index (χ2v) is 8.76. The molecule has 2 N–H and O–H groups in total. The van der Waals surface area contributed by atoms with E-state index in [-0.39, 0.29) is 30.9 Å². The highest BCUT2D eigenvalue weighted by atomic mass is 16.5. The number of methoxy groups -OCH3 is 3. The molecule has 0 radical (unpaired) electrons. The van der Waals surface area contributed by atoms with Crippen LogP contribution in [0.2, 0.25) is 0 Å². The van der Waals surface area contributed by atoms with Crippen molar-refractivity contribution in [3.8, 4) is 17.2 Å². The van der Waals surface area contributed by atoms with Crippen molar-refractivity contribution in [3.05, 3.63) is 48.0 Å². The van der Waals surface area contributed by atoms with Gasteiger partial charge in [0.2, 0.25) is 11.8 Å². The molecule has 0 spiro atoms. The Balaban J connectivity index is 1.49. The summed E-state index contributed by atoms with van der Waals surface area (Å²) in [5, 5.41) is 6.08. The van der Waals surface area contributed by atoms with Crippen molar-refractivity contribution in [2.24, 2.45) is 0 Å². The second-order valence-electron chi connectivity index (χ2n) is 8.76. The number of rotatable bonds is 9. The average molecular weight is 497 g/mol. The number of hydrogen-bond donors (Lipinski definition) is 2. The van der Waals surface area contributed by atoms with E-state index in [2.05, 4.69) is 10.6 Å². The number of hydrogen-bond acceptors (Lipinski definition) is 7. The van der Waals surface area contributed by atoms with Crippen LogP contribution >= 0.6 is 0 Å². The summed E-state index contributed by atoms with van der Waals surface area (Å²) in [6.07, 6.45) is 1.92. The lowest BCUT2D eigenvalue weighted by molar-refractivity contribution is -0.138. The molecule has 192 valence electrons. The van der Waals surface area contributed by atoms with Crippen LogP contribution in [0.3, 0.4) is 0 Å². The fourth-order valence-electron chi connectivity index (χ4n) is 4.74. The summed E-state index contributed by atoms with van der Waals surface area (Å²) in [6, 6.07) is 11.2. The van der Waals surface area contributed by atoms with E-state index >= 15 is 0 Å². The maximum Gasteiger partial charge on any atom is 0.327 e. The minimum Gasteiger partial charge on any atom is -0.497 e. The standard InChI is InChI=1S/C26H32N4O6/c1-34-19-7-4-6-18(15-19)28-23(31)16-30-20-8-5-12-27-24(20)25(32)29(26(30)33)13-11-17-9-10-21(35-2)22(14-17)36-3/h4,6-7,9-10,14-15,20,24,27H,5,8,11-13,16H2,1-3H3,(H,28,31). The zero-order chi connectivity index (χ0) is 25.7. The Hall–Kier alpha value is -3.79. The molecule has 4 amide bonds. The highest BCUT2D eigenvalue weighted by molar-refractivity contribution is 6.03. The van der Waals surface area contributed by atoms with Crippen molar-refractivity contribution in [1.82, 2.24) is 15.1 Å². The fraction of sp³-hybridized carbons (Fsp3) is 0.423. The lowest BCUT2D eigenvalue weighted by atomic mass is 9.93. The molecule has 4 rings (SSSR count). The average Bonchev–Trinajstić information content (AvgIpc) is 2.90. The van der Waals surface area contributed by atoms with E-state index in [1.54, 1.807) is 51.7 Å². The van der Waals surface area contributed by atoms with Crippen molar-refractivity contribution < 1.29 is 28.6 Å². The Labute approximate surface area is 210 Å². The number of nitrogens with zero attached hydrogens (tertiary/aromatic N) is 2. The molecule has 36 heavy (non-hydrogen) atoms. The number of carbonyl (C=O) groups is 3. The molecular weight excluding hydrogens is 464 g/mol. The number of carbonyl (C=O) groups excluding carboxylic acids is 3. The van der Waals surface area contributed by atoms with E-state index in [1.165, 1.54) is 9.80 Å². The quantitative estimate of drug-likeness (QED) is 0.548. The molecule has 2 saturated heterocycles. The zero-order valence-corrected chi connectivity index (χ0v) is 20.8. The Morgan fingerprint density at radius 2 is 1.86 bits per heavy atom. The van der Waals surface area contributed by atoms with Crippen LogP contribution < -0.4 is 24.8 Å². The molecule has 2 aliphatic rings. The van der Waals surface area contributed by atoms with E-state index < -0.39 is 12.1 Å². The largest absolute Gasteiger partial charge is 0.497 e. The first-order chi connectivity index (χ1) is 17.4. The third kappa shape index (κ3) is 5.38. The molecule has 2 aromatic rings. The lowest BCUT2D eigenvalue weighted by Gasteiger charge is -2.46. The molecule has 10 nitrogen and oxygen atoms in total. The first-order valence-electron chi connectivity index (χ1n) is 11.9. The maximum atomic E-state index is 13.5. The molecule has 2 atom stereocenters. The smallest absolute Gasteiger partial charge is 0.327 e. The Morgan fingerprint density at radius 3 is 2.61 bits per heavy atom. The van der Waals surface area contributed by atoms with E-state index in [0.29, 0.717) is 42.3 Å². The number of piperidine rings is 1. The summed E-state index contributed by atoms with van der Waals surface area (Å²) in [7, 11) is 4.68. The number of imide groups is 1. The van der Waals surface area contributed by atoms with E-state index in [1.807, 2.05) is 12.1 Å². The van der Waals surface area contributed by atoms with Crippen molar-refractivity contribution in [1.29, 1.82) is 0 Å². The summed E-state index contributed by atoms with van der Waals surface area (Å²) < 4.78 is 15.9. The first-order valence-corrected chi connectivity index (χ1v) is 11.9. The van der Waals surface area contributed by atoms with Gasteiger partial charge in [-0.05, 0) is 55.6 Å². The molecule has 0 bridgehead atoms. The Morgan fingerprint density at radius 1 is 1.06 bits per heavy atom. The molecule has 2 fully saturated rings. The number of benzene rings is 2. The Kier molecular flexibility index (Phi) is 7.94. The van der Waals surface area contributed by atoms with Crippen molar-refractivity contribution in [3.63, 3.8) is 0 Å². The first kappa shape index (κ1) is 25.3. The van der Waals surface area contributed by atoms with E-state index in [4.69, 9.17) is 14.2 Å². The predicted molar refractivity (Wildman–Crippen MR) is 134 cm³/mol. The monoisotopic (exact) mass is 496 g/mol. The highest BCUT2D eigenvalue weighted by Crippen LogP contribution is 2.29.